The van der Waals surface area contributed by atoms with Crippen molar-refractivity contribution in [2.45, 2.75) is 74.2 Å². The Morgan fingerprint density at radius 3 is 1.34 bits per heavy atom. The van der Waals surface area contributed by atoms with Crippen molar-refractivity contribution in [1.29, 1.82) is 0 Å². The van der Waals surface area contributed by atoms with E-state index < -0.39 is 0 Å². The molecule has 4 nitrogen and oxygen atoms in total. The number of hydrogen-bond donors (Lipinski definition) is 0. The van der Waals surface area contributed by atoms with Crippen molar-refractivity contribution < 1.29 is 43.1 Å². The van der Waals surface area contributed by atoms with Crippen LogP contribution in [0.3, 0.4) is 0 Å². The highest BCUT2D eigenvalue weighted by Crippen LogP contribution is 2.47. The van der Waals surface area contributed by atoms with Gasteiger partial charge in [0.15, 0.2) is 13.1 Å². The van der Waals surface area contributed by atoms with Crippen LogP contribution in [0.25, 0.3) is 32.6 Å². The van der Waals surface area contributed by atoms with Crippen LogP contribution in [0.2, 0.25) is 0 Å². The van der Waals surface area contributed by atoms with Gasteiger partial charge in [-0.15, -0.1) is 0 Å². The Morgan fingerprint density at radius 1 is 0.446 bits per heavy atom. The van der Waals surface area contributed by atoms with E-state index in [2.05, 4.69) is 152 Å². The molecule has 3 aliphatic rings. The summed E-state index contributed by atoms with van der Waals surface area (Å²) >= 11 is 7.63. The highest BCUT2D eigenvalue weighted by atomic mass is 79.9. The third-order valence-electron chi connectivity index (χ3n) is 10.5. The zero-order chi connectivity index (χ0) is 36.1. The second kappa shape index (κ2) is 19.6. The molecule has 0 saturated heterocycles. The molecule has 9 rings (SSSR count). The van der Waals surface area contributed by atoms with Crippen LogP contribution in [0.1, 0.15) is 61.4 Å². The Kier molecular flexibility index (Phi) is 14.3. The van der Waals surface area contributed by atoms with Gasteiger partial charge in [-0.1, -0.05) is 120 Å². The minimum absolute atomic E-state index is 0. The van der Waals surface area contributed by atoms with Gasteiger partial charge in [0.25, 0.3) is 10.0 Å². The normalized spacial score (nSPS) is 19.7. The van der Waals surface area contributed by atoms with Crippen LogP contribution < -0.4 is 52.9 Å². The second-order valence-corrected chi connectivity index (χ2v) is 18.4. The van der Waals surface area contributed by atoms with E-state index in [4.69, 9.17) is 0 Å². The number of nitrogens with zero attached hydrogens (tertiary/aromatic N) is 4. The summed E-state index contributed by atoms with van der Waals surface area (Å²) in [5.41, 5.74) is 5.40. The van der Waals surface area contributed by atoms with Crippen LogP contribution in [0.5, 0.6) is 0 Å². The summed E-state index contributed by atoms with van der Waals surface area (Å²) in [5, 5.41) is 5.31. The molecule has 0 spiro atoms. The molecule has 0 unspecified atom stereocenters. The summed E-state index contributed by atoms with van der Waals surface area (Å²) in [6.45, 7) is 4.18. The van der Waals surface area contributed by atoms with Crippen LogP contribution in [0.15, 0.2) is 141 Å². The molecule has 0 fully saturated rings. The van der Waals surface area contributed by atoms with E-state index in [1.807, 2.05) is 46.2 Å². The Bertz CT molecular complexity index is 2240. The molecule has 288 valence electrons. The van der Waals surface area contributed by atoms with Gasteiger partial charge >= 0.3 is 0 Å². The average molecular weight is 943 g/mol. The molecule has 0 bridgehead atoms. The summed E-state index contributed by atoms with van der Waals surface area (Å²) in [6.07, 6.45) is 23.6. The van der Waals surface area contributed by atoms with Gasteiger partial charge in [-0.05, 0) is 74.2 Å². The first kappa shape index (κ1) is 41.1. The lowest BCUT2D eigenvalue weighted by Gasteiger charge is -2.20. The molecule has 0 radical (unpaired) electrons. The number of thioether (sulfide) groups is 2. The van der Waals surface area contributed by atoms with Gasteiger partial charge in [0, 0.05) is 60.0 Å². The molecule has 5 heterocycles. The second-order valence-electron chi connectivity index (χ2n) is 14.1. The van der Waals surface area contributed by atoms with Crippen molar-refractivity contribution in [1.82, 2.24) is 0 Å². The Hall–Kier alpha value is -3.12. The summed E-state index contributed by atoms with van der Waals surface area (Å²) in [5.74, 6) is 0. The maximum atomic E-state index is 2.55. The third kappa shape index (κ3) is 8.96. The maximum absolute atomic E-state index is 2.55. The number of thiazole rings is 2. The average Bonchev–Trinajstić information content (AvgIpc) is 3.94. The largest absolute Gasteiger partial charge is 1.00 e. The van der Waals surface area contributed by atoms with Gasteiger partial charge < -0.3 is 43.8 Å². The van der Waals surface area contributed by atoms with Crippen LogP contribution in [-0.2, 0) is 13.1 Å². The number of benzene rings is 4. The van der Waals surface area contributed by atoms with Crippen LogP contribution >= 0.6 is 46.2 Å². The van der Waals surface area contributed by atoms with E-state index in [9.17, 15) is 0 Å². The number of para-hydroxylation sites is 4. The molecule has 0 atom stereocenters. The summed E-state index contributed by atoms with van der Waals surface area (Å²) in [4.78, 5) is 7.82. The van der Waals surface area contributed by atoms with Crippen molar-refractivity contribution in [2.75, 3.05) is 22.9 Å². The van der Waals surface area contributed by atoms with Gasteiger partial charge in [0.05, 0.1) is 21.4 Å². The van der Waals surface area contributed by atoms with Crippen LogP contribution in [0.4, 0.5) is 11.4 Å². The van der Waals surface area contributed by atoms with E-state index in [1.165, 1.54) is 113 Å². The molecule has 3 aliphatic heterocycles. The first-order valence-electron chi connectivity index (χ1n) is 19.5. The predicted molar refractivity (Wildman–Crippen MR) is 234 cm³/mol. The molecular formula is C46H46Br2N4S4. The molecule has 4 aromatic carbocycles. The Labute approximate surface area is 368 Å². The highest BCUT2D eigenvalue weighted by Gasteiger charge is 2.26. The first-order chi connectivity index (χ1) is 26.8. The van der Waals surface area contributed by atoms with Crippen molar-refractivity contribution in [3.8, 4) is 0 Å². The molecule has 10 heteroatoms. The Morgan fingerprint density at radius 2 is 0.857 bits per heavy atom. The number of fused-ring (bicyclic) bond motifs is 12. The van der Waals surface area contributed by atoms with E-state index in [1.54, 1.807) is 0 Å². The molecule has 0 N–H and O–H groups in total. The van der Waals surface area contributed by atoms with Crippen molar-refractivity contribution in [3.63, 3.8) is 0 Å². The minimum Gasteiger partial charge on any atom is -1.00 e. The highest BCUT2D eigenvalue weighted by molar-refractivity contribution is 8.04. The lowest BCUT2D eigenvalue weighted by Crippen LogP contribution is -3.00. The monoisotopic (exact) mass is 940 g/mol. The van der Waals surface area contributed by atoms with Gasteiger partial charge in [-0.3, -0.25) is 0 Å². The van der Waals surface area contributed by atoms with Crippen molar-refractivity contribution in [2.24, 2.45) is 0 Å². The first-order valence-corrected chi connectivity index (χ1v) is 22.8. The van der Waals surface area contributed by atoms with Gasteiger partial charge in [0.1, 0.15) is 9.40 Å². The van der Waals surface area contributed by atoms with Gasteiger partial charge in [-0.2, -0.15) is 9.13 Å². The van der Waals surface area contributed by atoms with Gasteiger partial charge in [0.2, 0.25) is 11.0 Å². The number of hydrogen-bond acceptors (Lipinski definition) is 6. The lowest BCUT2D eigenvalue weighted by molar-refractivity contribution is -0.669. The zero-order valence-electron chi connectivity index (χ0n) is 31.4. The lowest BCUT2D eigenvalue weighted by atomic mass is 10.1. The molecule has 0 amide bonds. The van der Waals surface area contributed by atoms with E-state index in [0.29, 0.717) is 0 Å². The molecule has 0 aliphatic carbocycles. The molecule has 0 saturated carbocycles. The van der Waals surface area contributed by atoms with Crippen molar-refractivity contribution in [3.05, 3.63) is 141 Å². The number of anilines is 2. The summed E-state index contributed by atoms with van der Waals surface area (Å²) in [6, 6.07) is 35.6. The Balaban J connectivity index is 0.00000240. The molecular weight excluding hydrogens is 897 g/mol. The maximum Gasteiger partial charge on any atom is 0.262 e. The summed E-state index contributed by atoms with van der Waals surface area (Å²) in [7, 11) is 0. The van der Waals surface area contributed by atoms with E-state index >= 15 is 0 Å². The van der Waals surface area contributed by atoms with Crippen LogP contribution in [-0.4, -0.2) is 13.1 Å². The van der Waals surface area contributed by atoms with Crippen molar-refractivity contribution >= 4 is 90.2 Å². The number of aromatic nitrogens is 2. The molecule has 2 aromatic heterocycles. The van der Waals surface area contributed by atoms with E-state index in [0.717, 1.165) is 26.2 Å². The number of rotatable bonds is 0. The van der Waals surface area contributed by atoms with Gasteiger partial charge in [-0.25, -0.2) is 0 Å². The topological polar surface area (TPSA) is 14.2 Å². The number of aryl methyl sites for hydroxylation is 2. The van der Waals surface area contributed by atoms with Crippen LogP contribution in [0, 0.1) is 0 Å². The smallest absolute Gasteiger partial charge is 0.262 e. The predicted octanol–water partition coefficient (Wildman–Crippen LogP) is 6.47. The standard InChI is InChI=1S/C46H46N4S4.2BrH/c1-2-14-32-48-36-20-6-10-24-40(36)52-44(48)28-18-30-46-50(38-22-8-12-26-42(38)54-46)34-16-4-3-15-33-49-37-21-7-11-25-41(37)53-45(49)29-17-27-43-47(31-13-1)35-19-5-9-23-39(35)51-43;;/h5-12,17-30H,1-4,13-16,31-34H2;2*1H/q+2;;/p-2. The quantitative estimate of drug-likeness (QED) is 0.162. The van der Waals surface area contributed by atoms with E-state index in [-0.39, 0.29) is 34.0 Å². The number of halogens is 2. The fourth-order valence-electron chi connectivity index (χ4n) is 7.84. The fraction of sp³-hybridized carbons (Fsp3) is 0.261. The molecule has 6 aromatic rings. The minimum atomic E-state index is 0. The number of allylic oxidation sites excluding steroid dienone is 4. The fourth-order valence-corrected chi connectivity index (χ4v) is 12.2. The summed E-state index contributed by atoms with van der Waals surface area (Å²) < 4.78 is 7.82. The molecule has 56 heavy (non-hydrogen) atoms. The zero-order valence-corrected chi connectivity index (χ0v) is 37.8. The third-order valence-corrected chi connectivity index (χ3v) is 15.1. The SMILES string of the molecule is C1=C2\Sc3ccccc3N2CCCCCC[n+]2c(sc3ccccc32)/C=C/C=C2\Sc3ccccc3N2CCCCCC[n+]2c(sc3ccccc32)/C=C/1.[Br-].[Br-].